The molecule has 0 bridgehead atoms. The molecule has 1 atom stereocenters. The predicted molar refractivity (Wildman–Crippen MR) is 80.4 cm³/mol. The Balaban J connectivity index is 2.09. The highest BCUT2D eigenvalue weighted by molar-refractivity contribution is 6.07. The Bertz CT molecular complexity index is 643. The Morgan fingerprint density at radius 1 is 0.947 bits per heavy atom. The van der Waals surface area contributed by atoms with Gasteiger partial charge in [-0.05, 0) is 31.9 Å². The quantitative estimate of drug-likeness (QED) is 0.748. The van der Waals surface area contributed by atoms with Gasteiger partial charge < -0.3 is 9.67 Å². The van der Waals surface area contributed by atoms with Gasteiger partial charge in [0.05, 0.1) is 6.10 Å². The number of para-hydroxylation sites is 2. The van der Waals surface area contributed by atoms with Crippen molar-refractivity contribution in [2.45, 2.75) is 32.4 Å². The van der Waals surface area contributed by atoms with Crippen molar-refractivity contribution in [3.8, 4) is 0 Å². The molecule has 98 valence electrons. The molecule has 0 aliphatic heterocycles. The number of nitrogens with zero attached hydrogens (tertiary/aromatic N) is 1. The van der Waals surface area contributed by atoms with Crippen LogP contribution in [-0.2, 0) is 6.54 Å². The zero-order valence-corrected chi connectivity index (χ0v) is 11.2. The molecule has 0 saturated carbocycles. The molecule has 0 saturated heterocycles. The molecule has 2 nitrogen and oxygen atoms in total. The number of aliphatic hydroxyl groups excluding tert-OH is 1. The standard InChI is InChI=1S/C17H19NO/c1-13(19)7-6-12-18-16-10-4-2-8-14(16)15-9-3-5-11-17(15)18/h2-5,8-11,13,19H,6-7,12H2,1H3. The number of aromatic nitrogens is 1. The Labute approximate surface area is 113 Å². The number of hydrogen-bond donors (Lipinski definition) is 1. The average Bonchev–Trinajstić information content (AvgIpc) is 2.74. The molecule has 1 aromatic heterocycles. The molecule has 2 aromatic carbocycles. The topological polar surface area (TPSA) is 25.2 Å². The van der Waals surface area contributed by atoms with Crippen LogP contribution in [0.4, 0.5) is 0 Å². The van der Waals surface area contributed by atoms with Gasteiger partial charge in [0.25, 0.3) is 0 Å². The molecule has 0 radical (unpaired) electrons. The fraction of sp³-hybridized carbons (Fsp3) is 0.294. The van der Waals surface area contributed by atoms with Gasteiger partial charge in [0.1, 0.15) is 0 Å². The van der Waals surface area contributed by atoms with Crippen molar-refractivity contribution in [2.24, 2.45) is 0 Å². The first-order valence-corrected chi connectivity index (χ1v) is 6.91. The van der Waals surface area contributed by atoms with Gasteiger partial charge in [-0.15, -0.1) is 0 Å². The first-order chi connectivity index (χ1) is 9.27. The van der Waals surface area contributed by atoms with Crippen LogP contribution in [0.1, 0.15) is 19.8 Å². The Morgan fingerprint density at radius 2 is 1.47 bits per heavy atom. The van der Waals surface area contributed by atoms with E-state index in [-0.39, 0.29) is 6.10 Å². The second-order valence-electron chi connectivity index (χ2n) is 5.18. The van der Waals surface area contributed by atoms with Gasteiger partial charge in [0, 0.05) is 28.4 Å². The zero-order valence-electron chi connectivity index (χ0n) is 11.2. The highest BCUT2D eigenvalue weighted by Crippen LogP contribution is 2.28. The number of fused-ring (bicyclic) bond motifs is 3. The normalized spacial score (nSPS) is 13.2. The molecule has 3 aromatic rings. The summed E-state index contributed by atoms with van der Waals surface area (Å²) in [6, 6.07) is 17.1. The number of aliphatic hydroxyl groups is 1. The minimum absolute atomic E-state index is 0.215. The fourth-order valence-corrected chi connectivity index (χ4v) is 2.79. The molecule has 0 amide bonds. The van der Waals surface area contributed by atoms with Gasteiger partial charge in [-0.1, -0.05) is 36.4 Å². The first-order valence-electron chi connectivity index (χ1n) is 6.91. The molecule has 0 aliphatic carbocycles. The van der Waals surface area contributed by atoms with Gasteiger partial charge in [-0.2, -0.15) is 0 Å². The number of aryl methyl sites for hydroxylation is 1. The van der Waals surface area contributed by atoms with Crippen LogP contribution in [0, 0.1) is 0 Å². The maximum Gasteiger partial charge on any atom is 0.0512 e. The molecule has 0 aliphatic rings. The molecular formula is C17H19NO. The van der Waals surface area contributed by atoms with Crippen molar-refractivity contribution in [3.05, 3.63) is 48.5 Å². The van der Waals surface area contributed by atoms with E-state index < -0.39 is 0 Å². The van der Waals surface area contributed by atoms with Gasteiger partial charge >= 0.3 is 0 Å². The molecule has 1 unspecified atom stereocenters. The molecule has 2 heteroatoms. The van der Waals surface area contributed by atoms with E-state index in [0.29, 0.717) is 0 Å². The van der Waals surface area contributed by atoms with Crippen molar-refractivity contribution >= 4 is 21.8 Å². The zero-order chi connectivity index (χ0) is 13.2. The second-order valence-corrected chi connectivity index (χ2v) is 5.18. The number of benzene rings is 2. The summed E-state index contributed by atoms with van der Waals surface area (Å²) in [6.45, 7) is 2.81. The monoisotopic (exact) mass is 253 g/mol. The van der Waals surface area contributed by atoms with Crippen LogP contribution in [-0.4, -0.2) is 15.8 Å². The lowest BCUT2D eigenvalue weighted by Gasteiger charge is -2.08. The summed E-state index contributed by atoms with van der Waals surface area (Å²) in [5, 5.41) is 12.0. The van der Waals surface area contributed by atoms with Crippen LogP contribution in [0.3, 0.4) is 0 Å². The summed E-state index contributed by atoms with van der Waals surface area (Å²) in [5.41, 5.74) is 2.57. The van der Waals surface area contributed by atoms with Crippen LogP contribution < -0.4 is 0 Å². The minimum Gasteiger partial charge on any atom is -0.393 e. The molecule has 1 N–H and O–H groups in total. The third-order valence-corrected chi connectivity index (χ3v) is 3.68. The first kappa shape index (κ1) is 12.2. The third-order valence-electron chi connectivity index (χ3n) is 3.68. The maximum absolute atomic E-state index is 9.40. The van der Waals surface area contributed by atoms with Crippen molar-refractivity contribution in [1.29, 1.82) is 0 Å². The SMILES string of the molecule is CC(O)CCCn1c2ccccc2c2ccccc21. The highest BCUT2D eigenvalue weighted by Gasteiger charge is 2.09. The maximum atomic E-state index is 9.40. The molecule has 19 heavy (non-hydrogen) atoms. The van der Waals surface area contributed by atoms with E-state index >= 15 is 0 Å². The van der Waals surface area contributed by atoms with Crippen molar-refractivity contribution < 1.29 is 5.11 Å². The smallest absolute Gasteiger partial charge is 0.0512 e. The molecular weight excluding hydrogens is 234 g/mol. The van der Waals surface area contributed by atoms with Crippen LogP contribution in [0.5, 0.6) is 0 Å². The van der Waals surface area contributed by atoms with Gasteiger partial charge in [0.15, 0.2) is 0 Å². The van der Waals surface area contributed by atoms with Crippen LogP contribution in [0.15, 0.2) is 48.5 Å². The summed E-state index contributed by atoms with van der Waals surface area (Å²) < 4.78 is 2.37. The van der Waals surface area contributed by atoms with E-state index in [1.165, 1.54) is 21.8 Å². The summed E-state index contributed by atoms with van der Waals surface area (Å²) in [7, 11) is 0. The second kappa shape index (κ2) is 5.06. The summed E-state index contributed by atoms with van der Waals surface area (Å²) >= 11 is 0. The highest BCUT2D eigenvalue weighted by atomic mass is 16.3. The van der Waals surface area contributed by atoms with Gasteiger partial charge in [-0.25, -0.2) is 0 Å². The van der Waals surface area contributed by atoms with Crippen LogP contribution in [0.25, 0.3) is 21.8 Å². The molecule has 0 fully saturated rings. The number of rotatable bonds is 4. The molecule has 3 rings (SSSR count). The Hall–Kier alpha value is -1.80. The average molecular weight is 253 g/mol. The third kappa shape index (κ3) is 2.24. The van der Waals surface area contributed by atoms with Crippen molar-refractivity contribution in [2.75, 3.05) is 0 Å². The fourth-order valence-electron chi connectivity index (χ4n) is 2.79. The molecule has 1 heterocycles. The van der Waals surface area contributed by atoms with Crippen molar-refractivity contribution in [3.63, 3.8) is 0 Å². The Morgan fingerprint density at radius 3 is 2.00 bits per heavy atom. The van der Waals surface area contributed by atoms with Gasteiger partial charge in [-0.3, -0.25) is 0 Å². The van der Waals surface area contributed by atoms with Gasteiger partial charge in [0.2, 0.25) is 0 Å². The van der Waals surface area contributed by atoms with Crippen LogP contribution in [0.2, 0.25) is 0 Å². The lowest BCUT2D eigenvalue weighted by molar-refractivity contribution is 0.180. The van der Waals surface area contributed by atoms with E-state index in [9.17, 15) is 5.11 Å². The Kier molecular flexibility index (Phi) is 3.26. The van der Waals surface area contributed by atoms with E-state index in [2.05, 4.69) is 53.1 Å². The van der Waals surface area contributed by atoms with Crippen LogP contribution >= 0.6 is 0 Å². The minimum atomic E-state index is -0.215. The van der Waals surface area contributed by atoms with Crippen molar-refractivity contribution in [1.82, 2.24) is 4.57 Å². The summed E-state index contributed by atoms with van der Waals surface area (Å²) in [4.78, 5) is 0. The molecule has 0 spiro atoms. The summed E-state index contributed by atoms with van der Waals surface area (Å²) in [6.07, 6.45) is 1.63. The summed E-state index contributed by atoms with van der Waals surface area (Å²) in [5.74, 6) is 0. The number of hydrogen-bond acceptors (Lipinski definition) is 1. The van der Waals surface area contributed by atoms with E-state index in [4.69, 9.17) is 0 Å². The van der Waals surface area contributed by atoms with E-state index in [1.54, 1.807) is 0 Å². The predicted octanol–water partition coefficient (Wildman–Crippen LogP) is 3.96. The largest absolute Gasteiger partial charge is 0.393 e. The van der Waals surface area contributed by atoms with E-state index in [0.717, 1.165) is 19.4 Å². The van der Waals surface area contributed by atoms with E-state index in [1.807, 2.05) is 6.92 Å². The lowest BCUT2D eigenvalue weighted by atomic mass is 10.2. The lowest BCUT2D eigenvalue weighted by Crippen LogP contribution is -2.03.